The molecule has 2 heterocycles. The van der Waals surface area contributed by atoms with Gasteiger partial charge < -0.3 is 30.4 Å². The van der Waals surface area contributed by atoms with Crippen molar-refractivity contribution in [3.63, 3.8) is 0 Å². The predicted octanol–water partition coefficient (Wildman–Crippen LogP) is 2.85. The molecule has 1 aromatic rings. The van der Waals surface area contributed by atoms with Gasteiger partial charge in [0.1, 0.15) is 30.0 Å². The molecule has 3 aliphatic rings. The zero-order valence-corrected chi connectivity index (χ0v) is 44.0. The summed E-state index contributed by atoms with van der Waals surface area (Å²) in [4.78, 5) is 61.1. The van der Waals surface area contributed by atoms with Gasteiger partial charge in [0.25, 0.3) is 0 Å². The Bertz CT molecular complexity index is 1760. The fourth-order valence-corrected chi connectivity index (χ4v) is 10.3. The first-order valence-electron chi connectivity index (χ1n) is 19.6. The van der Waals surface area contributed by atoms with Crippen LogP contribution in [0.5, 0.6) is 0 Å². The maximum absolute atomic E-state index is 14.1. The van der Waals surface area contributed by atoms with Crippen LogP contribution in [-0.4, -0.2) is 71.0 Å². The maximum atomic E-state index is 14.1. The Morgan fingerprint density at radius 2 is 1.52 bits per heavy atom. The van der Waals surface area contributed by atoms with Gasteiger partial charge in [0.15, 0.2) is 0 Å². The molecule has 0 radical (unpaired) electrons. The van der Waals surface area contributed by atoms with E-state index in [0.717, 1.165) is 31.2 Å². The quantitative estimate of drug-likeness (QED) is 0.0651. The van der Waals surface area contributed by atoms with E-state index in [4.69, 9.17) is 24.5 Å². The van der Waals surface area contributed by atoms with E-state index in [-0.39, 0.29) is 136 Å². The molecule has 5 unspecified atom stereocenters. The van der Waals surface area contributed by atoms with Gasteiger partial charge in [-0.1, -0.05) is 54.3 Å². The molecule has 4 rings (SSSR count). The molecular formula is C40H62KN4O10S2Zn-. The van der Waals surface area contributed by atoms with Gasteiger partial charge >= 0.3 is 57.4 Å². The topological polar surface area (TPSA) is 218 Å². The number of carbonyl (C=O) groups excluding carboxylic acids is 3. The third kappa shape index (κ3) is 15.2. The molecule has 2 fully saturated rings. The number of hydrogen-bond acceptors (Lipinski definition) is 11. The van der Waals surface area contributed by atoms with E-state index in [1.165, 1.54) is 18.7 Å². The van der Waals surface area contributed by atoms with Crippen molar-refractivity contribution in [1.82, 2.24) is 10.3 Å². The van der Waals surface area contributed by atoms with Crippen molar-refractivity contribution in [2.75, 3.05) is 16.8 Å². The first kappa shape index (κ1) is 55.3. The smallest absolute Gasteiger partial charge is 0.748 e. The fraction of sp³-hybridized carbons (Fsp3) is 0.700. The van der Waals surface area contributed by atoms with Crippen molar-refractivity contribution in [2.45, 2.75) is 132 Å². The number of esters is 1. The molecule has 2 aliphatic carbocycles. The number of amides is 2. The van der Waals surface area contributed by atoms with Gasteiger partial charge in [-0.05, 0) is 129 Å². The molecule has 1 aromatic heterocycles. The number of thioether (sulfide) groups is 1. The Labute approximate surface area is 404 Å². The SMILES string of the molecule is CCC(SCCCS(=O)(=O)[O-])C(=O)NC1=N/C(=C\c2[n-]c(NC(C)=O)c(COOC3C(C)CC(C)CC3C)c2C)C(C)=C1C(=O)OC1C(C)CC(C)CC1C.O.[K+].[Zn]. The molecule has 0 aromatic carbocycles. The summed E-state index contributed by atoms with van der Waals surface area (Å²) >= 11 is 1.24. The average Bonchev–Trinajstić information content (AvgIpc) is 3.52. The van der Waals surface area contributed by atoms with Crippen LogP contribution in [0.1, 0.15) is 118 Å². The van der Waals surface area contributed by atoms with Gasteiger partial charge in [-0.25, -0.2) is 28.0 Å². The number of rotatable bonds is 15. The van der Waals surface area contributed by atoms with Crippen molar-refractivity contribution < 1.29 is 118 Å². The van der Waals surface area contributed by atoms with Crippen LogP contribution in [0.2, 0.25) is 0 Å². The summed E-state index contributed by atoms with van der Waals surface area (Å²) in [7, 11) is -4.36. The van der Waals surface area contributed by atoms with E-state index < -0.39 is 33.0 Å². The minimum Gasteiger partial charge on any atom is -0.748 e. The van der Waals surface area contributed by atoms with Crippen molar-refractivity contribution in [3.05, 3.63) is 33.7 Å². The third-order valence-electron chi connectivity index (χ3n) is 11.1. The molecule has 0 saturated heterocycles. The second-order valence-corrected chi connectivity index (χ2v) is 19.1. The molecular weight excluding hydrogens is 865 g/mol. The normalized spacial score (nSPS) is 27.1. The summed E-state index contributed by atoms with van der Waals surface area (Å²) in [6, 6.07) is 0. The van der Waals surface area contributed by atoms with Gasteiger partial charge in [0.05, 0.1) is 27.2 Å². The molecule has 318 valence electrons. The van der Waals surface area contributed by atoms with E-state index in [0.29, 0.717) is 58.4 Å². The maximum Gasteiger partial charge on any atom is 1.00 e. The zero-order valence-electron chi connectivity index (χ0n) is 36.2. The summed E-state index contributed by atoms with van der Waals surface area (Å²) < 4.78 is 39.4. The molecule has 58 heavy (non-hydrogen) atoms. The summed E-state index contributed by atoms with van der Waals surface area (Å²) in [5.74, 6) is 0.977. The molecule has 2 amide bonds. The zero-order chi connectivity index (χ0) is 40.8. The number of hydrogen-bond donors (Lipinski definition) is 2. The minimum absolute atomic E-state index is 0. The summed E-state index contributed by atoms with van der Waals surface area (Å²) in [5.41, 5.74) is 2.88. The second-order valence-electron chi connectivity index (χ2n) is 16.2. The largest absolute Gasteiger partial charge is 1.00 e. The fourth-order valence-electron chi connectivity index (χ4n) is 8.57. The third-order valence-corrected chi connectivity index (χ3v) is 13.3. The van der Waals surface area contributed by atoms with Crippen LogP contribution in [0.15, 0.2) is 21.8 Å². The number of allylic oxidation sites excluding steroid dienone is 1. The number of anilines is 1. The van der Waals surface area contributed by atoms with Gasteiger partial charge in [-0.3, -0.25) is 9.59 Å². The Morgan fingerprint density at radius 3 is 2.03 bits per heavy atom. The van der Waals surface area contributed by atoms with Crippen LogP contribution in [0.4, 0.5) is 5.82 Å². The molecule has 18 heteroatoms. The van der Waals surface area contributed by atoms with Crippen LogP contribution in [0.25, 0.3) is 6.08 Å². The molecule has 2 saturated carbocycles. The van der Waals surface area contributed by atoms with Crippen LogP contribution >= 0.6 is 11.8 Å². The van der Waals surface area contributed by atoms with E-state index in [2.05, 4.69) is 52.2 Å². The van der Waals surface area contributed by atoms with Crippen LogP contribution in [0.3, 0.4) is 0 Å². The van der Waals surface area contributed by atoms with E-state index in [1.54, 1.807) is 13.0 Å². The van der Waals surface area contributed by atoms with Crippen molar-refractivity contribution in [1.29, 1.82) is 0 Å². The Morgan fingerprint density at radius 1 is 0.966 bits per heavy atom. The summed E-state index contributed by atoms with van der Waals surface area (Å²) in [5, 5.41) is 5.07. The number of nitrogens with zero attached hydrogens (tertiary/aromatic N) is 2. The van der Waals surface area contributed by atoms with E-state index in [9.17, 15) is 27.4 Å². The first-order chi connectivity index (χ1) is 25.8. The average molecular weight is 928 g/mol. The Kier molecular flexibility index (Phi) is 23.6. The number of nitrogens with one attached hydrogen (secondary N) is 2. The number of aromatic nitrogens is 1. The number of aliphatic imine (C=N–C) groups is 1. The molecule has 0 bridgehead atoms. The van der Waals surface area contributed by atoms with Crippen LogP contribution < -0.4 is 67.0 Å². The van der Waals surface area contributed by atoms with Gasteiger partial charge in [0.2, 0.25) is 5.91 Å². The van der Waals surface area contributed by atoms with Gasteiger partial charge in [-0.15, -0.1) is 11.8 Å². The van der Waals surface area contributed by atoms with E-state index in [1.807, 2.05) is 13.8 Å². The molecule has 14 nitrogen and oxygen atoms in total. The molecule has 1 aliphatic heterocycles. The van der Waals surface area contributed by atoms with Crippen molar-refractivity contribution in [2.24, 2.45) is 40.5 Å². The number of carbonyl (C=O) groups is 3. The standard InChI is InChI=1S/C40H62N4O9S2.K.H2O.Zn/c1-11-33(54-13-12-14-55(48,49)50)39(46)44-38-34(40(47)52-35-23(4)15-21(2)16-24(35)5)28(9)32(43-38)19-31-27(8)30(37(42-31)41-29(10)45)20-51-53-36-25(6)17-22(3)18-26(36)7;;;/h19,21-26,33,35-36H,11-18,20H2,1-10H3,(H4,41,42,43,44,45,46,47,48,49,50);;1H2;/q;+1;;/p-2. The Balaban J connectivity index is 0.00000561. The monoisotopic (exact) mass is 925 g/mol. The predicted molar refractivity (Wildman–Crippen MR) is 217 cm³/mol. The first-order valence-corrected chi connectivity index (χ1v) is 22.2. The van der Waals surface area contributed by atoms with Gasteiger partial charge in [0, 0.05) is 25.2 Å². The van der Waals surface area contributed by atoms with E-state index >= 15 is 0 Å². The second kappa shape index (κ2) is 24.8. The minimum atomic E-state index is -4.36. The van der Waals surface area contributed by atoms with Crippen molar-refractivity contribution in [3.8, 4) is 0 Å². The Hall–Kier alpha value is -0.760. The van der Waals surface area contributed by atoms with Gasteiger partial charge in [-0.2, -0.15) is 0 Å². The molecule has 4 N–H and O–H groups in total. The molecule has 0 spiro atoms. The van der Waals surface area contributed by atoms with Crippen molar-refractivity contribution >= 4 is 57.4 Å². The number of ether oxygens (including phenoxy) is 1. The molecule has 5 atom stereocenters. The van der Waals surface area contributed by atoms with Crippen LogP contribution in [0, 0.1) is 42.4 Å². The number of amidine groups is 1. The summed E-state index contributed by atoms with van der Waals surface area (Å²) in [6.45, 7) is 19.9. The summed E-state index contributed by atoms with van der Waals surface area (Å²) in [6.07, 6.45) is 5.86. The van der Waals surface area contributed by atoms with Crippen LogP contribution in [-0.2, 0) is 65.1 Å².